The molecule has 3 N–H and O–H groups in total. The first-order valence-electron chi connectivity index (χ1n) is 6.60. The van der Waals surface area contributed by atoms with Gasteiger partial charge in [-0.25, -0.2) is 0 Å². The first-order chi connectivity index (χ1) is 9.54. The van der Waals surface area contributed by atoms with Crippen LogP contribution in [0, 0.1) is 5.92 Å². The number of carbonyl (C=O) groups excluding carboxylic acids is 1. The molecule has 4 nitrogen and oxygen atoms in total. The number of hydrogen-bond acceptors (Lipinski definition) is 3. The van der Waals surface area contributed by atoms with Crippen molar-refractivity contribution in [3.63, 3.8) is 0 Å². The van der Waals surface area contributed by atoms with Gasteiger partial charge in [-0.15, -0.1) is 0 Å². The van der Waals surface area contributed by atoms with Crippen LogP contribution in [0.3, 0.4) is 0 Å². The molecule has 0 spiro atoms. The quantitative estimate of drug-likeness (QED) is 0.805. The standard InChI is InChI=1S/C14H18F2N2O2/c15-14(16)20-11-5-1-9(2-6-11)8-18-13(19)7-12(17)10-3-4-10/h1-2,5-6,10,12,14H,3-4,7-8,17H2,(H,18,19). The maximum atomic E-state index is 12.0. The Balaban J connectivity index is 1.74. The molecule has 110 valence electrons. The van der Waals surface area contributed by atoms with Gasteiger partial charge in [-0.3, -0.25) is 4.79 Å². The summed E-state index contributed by atoms with van der Waals surface area (Å²) in [6.45, 7) is -2.48. The lowest BCUT2D eigenvalue weighted by Crippen LogP contribution is -2.32. The normalized spacial score (nSPS) is 16.0. The monoisotopic (exact) mass is 284 g/mol. The molecule has 1 aliphatic carbocycles. The first kappa shape index (κ1) is 14.7. The zero-order chi connectivity index (χ0) is 14.5. The van der Waals surface area contributed by atoms with Gasteiger partial charge in [-0.05, 0) is 36.5 Å². The molecule has 0 heterocycles. The van der Waals surface area contributed by atoms with E-state index in [1.807, 2.05) is 0 Å². The molecule has 1 fully saturated rings. The van der Waals surface area contributed by atoms with Crippen molar-refractivity contribution in [1.82, 2.24) is 5.32 Å². The number of hydrogen-bond donors (Lipinski definition) is 2. The first-order valence-corrected chi connectivity index (χ1v) is 6.60. The summed E-state index contributed by atoms with van der Waals surface area (Å²) in [4.78, 5) is 11.7. The summed E-state index contributed by atoms with van der Waals surface area (Å²) in [5.74, 6) is 0.509. The Kier molecular flexibility index (Phi) is 4.89. The highest BCUT2D eigenvalue weighted by Crippen LogP contribution is 2.32. The van der Waals surface area contributed by atoms with Crippen molar-refractivity contribution in [2.24, 2.45) is 11.7 Å². The Hall–Kier alpha value is -1.69. The fraction of sp³-hybridized carbons (Fsp3) is 0.500. The molecule has 0 saturated heterocycles. The molecule has 20 heavy (non-hydrogen) atoms. The lowest BCUT2D eigenvalue weighted by Gasteiger charge is -2.11. The van der Waals surface area contributed by atoms with E-state index in [9.17, 15) is 13.6 Å². The second kappa shape index (κ2) is 6.65. The highest BCUT2D eigenvalue weighted by molar-refractivity contribution is 5.76. The number of nitrogens with one attached hydrogen (secondary N) is 1. The summed E-state index contributed by atoms with van der Waals surface area (Å²) < 4.78 is 28.2. The molecular weight excluding hydrogens is 266 g/mol. The van der Waals surface area contributed by atoms with Crippen molar-refractivity contribution < 1.29 is 18.3 Å². The predicted molar refractivity (Wildman–Crippen MR) is 70.2 cm³/mol. The van der Waals surface area contributed by atoms with Gasteiger partial charge < -0.3 is 15.8 Å². The predicted octanol–water partition coefficient (Wildman–Crippen LogP) is 2.03. The maximum Gasteiger partial charge on any atom is 0.387 e. The third-order valence-electron chi connectivity index (χ3n) is 3.29. The number of ether oxygens (including phenoxy) is 1. The van der Waals surface area contributed by atoms with E-state index < -0.39 is 6.61 Å². The topological polar surface area (TPSA) is 64.4 Å². The Morgan fingerprint density at radius 1 is 1.35 bits per heavy atom. The number of rotatable bonds is 7. The molecule has 6 heteroatoms. The van der Waals surface area contributed by atoms with Gasteiger partial charge in [-0.2, -0.15) is 8.78 Å². The molecule has 1 unspecified atom stereocenters. The molecular formula is C14H18F2N2O2. The average Bonchev–Trinajstić information content (AvgIpc) is 3.21. The van der Waals surface area contributed by atoms with Gasteiger partial charge in [0.25, 0.3) is 0 Å². The van der Waals surface area contributed by atoms with E-state index in [0.717, 1.165) is 18.4 Å². The van der Waals surface area contributed by atoms with Crippen molar-refractivity contribution in [1.29, 1.82) is 0 Å². The van der Waals surface area contributed by atoms with Crippen LogP contribution in [0.2, 0.25) is 0 Å². The fourth-order valence-electron chi connectivity index (χ4n) is 1.97. The zero-order valence-electron chi connectivity index (χ0n) is 11.0. The van der Waals surface area contributed by atoms with Crippen molar-refractivity contribution >= 4 is 5.91 Å². The van der Waals surface area contributed by atoms with Gasteiger partial charge in [0, 0.05) is 19.0 Å². The summed E-state index contributed by atoms with van der Waals surface area (Å²) in [6, 6.07) is 6.11. The van der Waals surface area contributed by atoms with Crippen LogP contribution < -0.4 is 15.8 Å². The largest absolute Gasteiger partial charge is 0.435 e. The molecule has 1 amide bonds. The van der Waals surface area contributed by atoms with Crippen LogP contribution in [0.1, 0.15) is 24.8 Å². The van der Waals surface area contributed by atoms with Crippen molar-refractivity contribution in [3.05, 3.63) is 29.8 Å². The minimum atomic E-state index is -2.83. The summed E-state index contributed by atoms with van der Waals surface area (Å²) in [6.07, 6.45) is 2.55. The van der Waals surface area contributed by atoms with E-state index in [4.69, 9.17) is 5.73 Å². The van der Waals surface area contributed by atoms with Crippen LogP contribution >= 0.6 is 0 Å². The second-order valence-corrected chi connectivity index (χ2v) is 5.00. The molecule has 1 saturated carbocycles. The van der Waals surface area contributed by atoms with E-state index in [1.165, 1.54) is 12.1 Å². The van der Waals surface area contributed by atoms with Gasteiger partial charge in [0.05, 0.1) is 0 Å². The number of benzene rings is 1. The van der Waals surface area contributed by atoms with Gasteiger partial charge in [0.1, 0.15) is 5.75 Å². The Morgan fingerprint density at radius 3 is 2.55 bits per heavy atom. The van der Waals surface area contributed by atoms with Crippen molar-refractivity contribution in [3.8, 4) is 5.75 Å². The number of amides is 1. The molecule has 1 aromatic carbocycles. The number of carbonyl (C=O) groups is 1. The third-order valence-corrected chi connectivity index (χ3v) is 3.29. The zero-order valence-corrected chi connectivity index (χ0v) is 11.0. The molecule has 1 aliphatic rings. The highest BCUT2D eigenvalue weighted by atomic mass is 19.3. The highest BCUT2D eigenvalue weighted by Gasteiger charge is 2.29. The van der Waals surface area contributed by atoms with Gasteiger partial charge in [-0.1, -0.05) is 12.1 Å². The summed E-state index contributed by atoms with van der Waals surface area (Å²) >= 11 is 0. The van der Waals surface area contributed by atoms with Crippen LogP contribution in [-0.2, 0) is 11.3 Å². The van der Waals surface area contributed by atoms with E-state index in [-0.39, 0.29) is 17.7 Å². The smallest absolute Gasteiger partial charge is 0.387 e. The molecule has 1 atom stereocenters. The van der Waals surface area contributed by atoms with E-state index in [0.29, 0.717) is 18.9 Å². The van der Waals surface area contributed by atoms with Crippen LogP contribution in [0.4, 0.5) is 8.78 Å². The minimum Gasteiger partial charge on any atom is -0.435 e. The molecule has 0 aromatic heterocycles. The van der Waals surface area contributed by atoms with E-state index >= 15 is 0 Å². The van der Waals surface area contributed by atoms with Crippen LogP contribution in [0.5, 0.6) is 5.75 Å². The minimum absolute atomic E-state index is 0.0585. The van der Waals surface area contributed by atoms with Gasteiger partial charge in [0.15, 0.2) is 0 Å². The Labute approximate surface area is 116 Å². The number of nitrogens with two attached hydrogens (primary N) is 1. The van der Waals surface area contributed by atoms with Crippen molar-refractivity contribution in [2.45, 2.75) is 38.5 Å². The Bertz CT molecular complexity index is 447. The van der Waals surface area contributed by atoms with Crippen LogP contribution in [0.15, 0.2) is 24.3 Å². The SMILES string of the molecule is NC(CC(=O)NCc1ccc(OC(F)F)cc1)C1CC1. The maximum absolute atomic E-state index is 12.0. The summed E-state index contributed by atoms with van der Waals surface area (Å²) in [7, 11) is 0. The molecule has 0 radical (unpaired) electrons. The molecule has 0 bridgehead atoms. The fourth-order valence-corrected chi connectivity index (χ4v) is 1.97. The second-order valence-electron chi connectivity index (χ2n) is 5.00. The van der Waals surface area contributed by atoms with Gasteiger partial charge >= 0.3 is 6.61 Å². The van der Waals surface area contributed by atoms with Gasteiger partial charge in [0.2, 0.25) is 5.91 Å². The molecule has 2 rings (SSSR count). The summed E-state index contributed by atoms with van der Waals surface area (Å²) in [5, 5.41) is 2.76. The Morgan fingerprint density at radius 2 is 2.00 bits per heavy atom. The summed E-state index contributed by atoms with van der Waals surface area (Å²) in [5.41, 5.74) is 6.69. The average molecular weight is 284 g/mol. The molecule has 0 aliphatic heterocycles. The third kappa shape index (κ3) is 4.77. The van der Waals surface area contributed by atoms with Crippen LogP contribution in [-0.4, -0.2) is 18.6 Å². The van der Waals surface area contributed by atoms with Crippen molar-refractivity contribution in [2.75, 3.05) is 0 Å². The lowest BCUT2D eigenvalue weighted by atomic mass is 10.1. The van der Waals surface area contributed by atoms with Crippen LogP contribution in [0.25, 0.3) is 0 Å². The van der Waals surface area contributed by atoms with E-state index in [2.05, 4.69) is 10.1 Å². The number of halogens is 2. The lowest BCUT2D eigenvalue weighted by molar-refractivity contribution is -0.121. The molecule has 1 aromatic rings. The van der Waals surface area contributed by atoms with E-state index in [1.54, 1.807) is 12.1 Å². The number of alkyl halides is 2.